The van der Waals surface area contributed by atoms with Crippen LogP contribution in [0.2, 0.25) is 0 Å². The average Bonchev–Trinajstić information content (AvgIpc) is 2.83. The molecule has 0 aliphatic heterocycles. The van der Waals surface area contributed by atoms with E-state index in [9.17, 15) is 5.11 Å². The van der Waals surface area contributed by atoms with Gasteiger partial charge in [-0.25, -0.2) is 0 Å². The van der Waals surface area contributed by atoms with Crippen LogP contribution in [0.5, 0.6) is 11.5 Å². The fraction of sp³-hybridized carbons (Fsp3) is 0.636. The van der Waals surface area contributed by atoms with Crippen LogP contribution in [-0.4, -0.2) is 11.7 Å². The molecule has 0 heterocycles. The van der Waals surface area contributed by atoms with E-state index in [-0.39, 0.29) is 10.8 Å². The molecule has 0 bridgehead atoms. The van der Waals surface area contributed by atoms with Gasteiger partial charge in [0.15, 0.2) is 0 Å². The zero-order valence-corrected chi connectivity index (χ0v) is 23.1. The summed E-state index contributed by atoms with van der Waals surface area (Å²) < 4.78 is 6.61. The van der Waals surface area contributed by atoms with E-state index in [1.165, 1.54) is 86.5 Å². The summed E-state index contributed by atoms with van der Waals surface area (Å²) in [4.78, 5) is 0. The first-order valence-corrected chi connectivity index (χ1v) is 14.4. The van der Waals surface area contributed by atoms with Crippen molar-refractivity contribution in [1.29, 1.82) is 0 Å². The molecule has 2 aliphatic carbocycles. The topological polar surface area (TPSA) is 29.5 Å². The van der Waals surface area contributed by atoms with Crippen LogP contribution >= 0.6 is 0 Å². The molecule has 2 aromatic rings. The molecule has 2 heteroatoms. The molecule has 4 rings (SSSR count). The summed E-state index contributed by atoms with van der Waals surface area (Å²) in [6.45, 7) is 12.2. The molecule has 0 saturated heterocycles. The van der Waals surface area contributed by atoms with E-state index in [4.69, 9.17) is 4.74 Å². The third-order valence-corrected chi connectivity index (χ3v) is 8.98. The fourth-order valence-electron chi connectivity index (χ4n) is 6.77. The Bertz CT molecular complexity index is 1010. The Labute approximate surface area is 214 Å². The number of unbranched alkanes of at least 4 members (excludes halogenated alkanes) is 1. The van der Waals surface area contributed by atoms with Crippen LogP contribution in [0, 0.1) is 13.8 Å². The van der Waals surface area contributed by atoms with E-state index in [0.717, 1.165) is 42.7 Å². The minimum Gasteiger partial charge on any atom is -0.507 e. The molecule has 2 saturated carbocycles. The Morgan fingerprint density at radius 2 is 1.26 bits per heavy atom. The van der Waals surface area contributed by atoms with Crippen molar-refractivity contribution >= 4 is 0 Å². The number of phenolic OH excluding ortho intramolecular Hbond substituents is 1. The van der Waals surface area contributed by atoms with Crippen molar-refractivity contribution in [3.8, 4) is 11.5 Å². The van der Waals surface area contributed by atoms with E-state index in [1.54, 1.807) is 0 Å². The van der Waals surface area contributed by atoms with Gasteiger partial charge in [-0.15, -0.1) is 0 Å². The van der Waals surface area contributed by atoms with E-state index >= 15 is 0 Å². The van der Waals surface area contributed by atoms with Crippen molar-refractivity contribution in [2.75, 3.05) is 6.61 Å². The Morgan fingerprint density at radius 1 is 0.743 bits per heavy atom. The molecule has 2 aliphatic rings. The maximum atomic E-state index is 11.6. The van der Waals surface area contributed by atoms with Crippen molar-refractivity contribution < 1.29 is 9.84 Å². The lowest BCUT2D eigenvalue weighted by atomic mass is 9.69. The van der Waals surface area contributed by atoms with E-state index in [0.29, 0.717) is 5.75 Å². The van der Waals surface area contributed by atoms with Crippen molar-refractivity contribution in [3.05, 3.63) is 57.6 Å². The summed E-state index contributed by atoms with van der Waals surface area (Å²) in [5.41, 5.74) is 7.66. The van der Waals surface area contributed by atoms with Gasteiger partial charge in [0.1, 0.15) is 11.5 Å². The van der Waals surface area contributed by atoms with Gasteiger partial charge < -0.3 is 9.84 Å². The highest BCUT2D eigenvalue weighted by molar-refractivity contribution is 5.54. The summed E-state index contributed by atoms with van der Waals surface area (Å²) in [5.74, 6) is 1.62. The zero-order chi connectivity index (χ0) is 25.1. The predicted octanol–water partition coefficient (Wildman–Crippen LogP) is 9.22. The van der Waals surface area contributed by atoms with Crippen LogP contribution in [0.25, 0.3) is 0 Å². The molecule has 35 heavy (non-hydrogen) atoms. The van der Waals surface area contributed by atoms with E-state index in [2.05, 4.69) is 58.9 Å². The van der Waals surface area contributed by atoms with Gasteiger partial charge in [0.25, 0.3) is 0 Å². The molecule has 0 unspecified atom stereocenters. The largest absolute Gasteiger partial charge is 0.507 e. The Morgan fingerprint density at radius 3 is 1.83 bits per heavy atom. The summed E-state index contributed by atoms with van der Waals surface area (Å²) >= 11 is 0. The average molecular weight is 477 g/mol. The van der Waals surface area contributed by atoms with Crippen LogP contribution in [0.1, 0.15) is 131 Å². The zero-order valence-electron chi connectivity index (χ0n) is 23.1. The summed E-state index contributed by atoms with van der Waals surface area (Å²) in [6.07, 6.45) is 15.5. The number of rotatable bonds is 8. The molecule has 0 aromatic heterocycles. The molecule has 0 radical (unpaired) electrons. The maximum Gasteiger partial charge on any atom is 0.126 e. The first kappa shape index (κ1) is 26.1. The van der Waals surface area contributed by atoms with E-state index in [1.807, 2.05) is 0 Å². The predicted molar refractivity (Wildman–Crippen MR) is 148 cm³/mol. The molecule has 2 nitrogen and oxygen atoms in total. The summed E-state index contributed by atoms with van der Waals surface area (Å²) in [5, 5.41) is 11.6. The highest BCUT2D eigenvalue weighted by Gasteiger charge is 2.34. The van der Waals surface area contributed by atoms with Gasteiger partial charge in [-0.05, 0) is 67.9 Å². The Kier molecular flexibility index (Phi) is 8.19. The normalized spacial score (nSPS) is 19.5. The minimum absolute atomic E-state index is 0.0803. The molecule has 192 valence electrons. The van der Waals surface area contributed by atoms with Crippen LogP contribution < -0.4 is 4.74 Å². The van der Waals surface area contributed by atoms with Crippen molar-refractivity contribution in [3.63, 3.8) is 0 Å². The lowest BCUT2D eigenvalue weighted by molar-refractivity contribution is 0.273. The van der Waals surface area contributed by atoms with Crippen molar-refractivity contribution in [1.82, 2.24) is 0 Å². The Balaban J connectivity index is 1.77. The second-order valence-corrected chi connectivity index (χ2v) is 12.2. The molecule has 2 aromatic carbocycles. The highest BCUT2D eigenvalue weighted by atomic mass is 16.5. The van der Waals surface area contributed by atoms with Gasteiger partial charge in [-0.3, -0.25) is 0 Å². The smallest absolute Gasteiger partial charge is 0.126 e. The molecule has 0 atom stereocenters. The number of hydrogen-bond donors (Lipinski definition) is 1. The lowest BCUT2D eigenvalue weighted by Crippen LogP contribution is -2.27. The van der Waals surface area contributed by atoms with Crippen molar-refractivity contribution in [2.45, 2.75) is 129 Å². The van der Waals surface area contributed by atoms with Crippen LogP contribution in [0.3, 0.4) is 0 Å². The van der Waals surface area contributed by atoms with Gasteiger partial charge >= 0.3 is 0 Å². The summed E-state index contributed by atoms with van der Waals surface area (Å²) in [7, 11) is 0. The van der Waals surface area contributed by atoms with Gasteiger partial charge in [0.2, 0.25) is 0 Å². The highest BCUT2D eigenvalue weighted by Crippen LogP contribution is 2.47. The first-order valence-electron chi connectivity index (χ1n) is 14.4. The Hall–Kier alpha value is -1.96. The number of benzene rings is 2. The lowest BCUT2D eigenvalue weighted by Gasteiger charge is -2.36. The number of aryl methyl sites for hydroxylation is 2. The third-order valence-electron chi connectivity index (χ3n) is 8.98. The van der Waals surface area contributed by atoms with Gasteiger partial charge in [-0.2, -0.15) is 0 Å². The van der Waals surface area contributed by atoms with Gasteiger partial charge in [-0.1, -0.05) is 101 Å². The second-order valence-electron chi connectivity index (χ2n) is 12.2. The first-order chi connectivity index (χ1) is 16.8. The second kappa shape index (κ2) is 11.0. The number of hydrogen-bond acceptors (Lipinski definition) is 2. The fourth-order valence-corrected chi connectivity index (χ4v) is 6.77. The molecule has 0 amide bonds. The molecule has 0 spiro atoms. The summed E-state index contributed by atoms with van der Waals surface area (Å²) in [6, 6.07) is 9.14. The van der Waals surface area contributed by atoms with Crippen molar-refractivity contribution in [2.24, 2.45) is 0 Å². The minimum atomic E-state index is 0.0803. The molecule has 2 fully saturated rings. The number of ether oxygens (including phenoxy) is 1. The monoisotopic (exact) mass is 476 g/mol. The van der Waals surface area contributed by atoms with Gasteiger partial charge in [0.05, 0.1) is 6.61 Å². The quantitative estimate of drug-likeness (QED) is 0.385. The third kappa shape index (κ3) is 5.73. The standard InChI is InChI=1S/C33H48O2/c1-6-7-18-35-31-27(20-25(3)22-29(31)33(5)16-12-9-13-17-33)23-26-19-24(2)21-28(30(26)34)32(4)14-10-8-11-15-32/h19-22,34H,6-18,23H2,1-5H3. The van der Waals surface area contributed by atoms with Crippen LogP contribution in [0.4, 0.5) is 0 Å². The number of phenols is 1. The van der Waals surface area contributed by atoms with Gasteiger partial charge in [0, 0.05) is 17.5 Å². The molecular weight excluding hydrogens is 428 g/mol. The van der Waals surface area contributed by atoms with E-state index < -0.39 is 0 Å². The van der Waals surface area contributed by atoms with Crippen LogP contribution in [0.15, 0.2) is 24.3 Å². The van der Waals surface area contributed by atoms with Crippen LogP contribution in [-0.2, 0) is 17.3 Å². The molecular formula is C33H48O2. The maximum absolute atomic E-state index is 11.6. The SMILES string of the molecule is CCCCOc1c(Cc2cc(C)cc(C3(C)CCCCC3)c2O)cc(C)cc1C1(C)CCCCC1. The number of aromatic hydroxyl groups is 1. The molecule has 1 N–H and O–H groups in total.